The zero-order chi connectivity index (χ0) is 39.0. The topological polar surface area (TPSA) is 53.5 Å². The zero-order valence-electron chi connectivity index (χ0n) is 30.3. The first-order valence-corrected chi connectivity index (χ1v) is 17.6. The molecule has 5 aliphatic rings. The lowest BCUT2D eigenvalue weighted by atomic mass is 9.89. The van der Waals surface area contributed by atoms with Crippen molar-refractivity contribution in [3.8, 4) is 0 Å². The van der Waals surface area contributed by atoms with Gasteiger partial charge in [0, 0.05) is 60.9 Å². The van der Waals surface area contributed by atoms with Gasteiger partial charge in [0.1, 0.15) is 34.6 Å². The van der Waals surface area contributed by atoms with Crippen LogP contribution in [0.4, 0.5) is 48.3 Å². The Morgan fingerprint density at radius 2 is 1.06 bits per heavy atom. The number of hydrogen-bond donors (Lipinski definition) is 0. The predicted octanol–water partition coefficient (Wildman–Crippen LogP) is 11.2. The van der Waals surface area contributed by atoms with Crippen molar-refractivity contribution in [2.75, 3.05) is 0 Å². The van der Waals surface area contributed by atoms with Crippen LogP contribution in [0.1, 0.15) is 168 Å². The SMILES string of the molecule is CC(C)n1nc(C(C)(F)F)c2c1C(F)(F)C1CC21.CC(F)c1nn(C(C)C)c2c1C1CC1C2(F)F.Cc1nn(C(C)C)c2c1C(F)(F)CCC2(F)F. The molecule has 3 heterocycles. The van der Waals surface area contributed by atoms with Crippen LogP contribution < -0.4 is 0 Å². The van der Waals surface area contributed by atoms with E-state index in [4.69, 9.17) is 0 Å². The van der Waals surface area contributed by atoms with Crippen molar-refractivity contribution in [3.63, 3.8) is 0 Å². The van der Waals surface area contributed by atoms with E-state index in [1.54, 1.807) is 41.5 Å². The Kier molecular flexibility index (Phi) is 8.85. The van der Waals surface area contributed by atoms with Gasteiger partial charge in [-0.25, -0.2) is 13.2 Å². The summed E-state index contributed by atoms with van der Waals surface area (Å²) in [5.41, 5.74) is -1.16. The lowest BCUT2D eigenvalue weighted by Crippen LogP contribution is -2.32. The Morgan fingerprint density at radius 1 is 0.635 bits per heavy atom. The minimum absolute atomic E-state index is 0.00178. The van der Waals surface area contributed by atoms with E-state index in [1.165, 1.54) is 18.5 Å². The van der Waals surface area contributed by atoms with E-state index >= 15 is 0 Å². The maximum atomic E-state index is 14.1. The molecule has 5 aliphatic carbocycles. The van der Waals surface area contributed by atoms with Gasteiger partial charge in [0.2, 0.25) is 0 Å². The highest BCUT2D eigenvalue weighted by Crippen LogP contribution is 2.69. The number of alkyl halides is 11. The summed E-state index contributed by atoms with van der Waals surface area (Å²) in [5.74, 6) is -17.4. The summed E-state index contributed by atoms with van der Waals surface area (Å²) in [7, 11) is 0. The third kappa shape index (κ3) is 5.84. The fraction of sp³-hybridized carbons (Fsp3) is 0.743. The molecule has 3 aromatic rings. The molecule has 5 atom stereocenters. The molecule has 52 heavy (non-hydrogen) atoms. The molecular formula is C35H43F11N6. The van der Waals surface area contributed by atoms with Gasteiger partial charge in [0.05, 0.1) is 11.3 Å². The van der Waals surface area contributed by atoms with Gasteiger partial charge in [0.25, 0.3) is 29.6 Å². The van der Waals surface area contributed by atoms with Crippen LogP contribution in [-0.2, 0) is 29.6 Å². The number of nitrogens with zero attached hydrogens (tertiary/aromatic N) is 6. The summed E-state index contributed by atoms with van der Waals surface area (Å²) in [6.45, 7) is 13.7. The standard InChI is InChI=1S/C12H14F4N2.C12H15F3N2.C11H14F4N2/c1-5(2)18-10-8(9(17-18)11(3,13)14)6-4-7(6)12(10,15)16;1-5(2)17-11-9(10(16-17)6(3)13)7-4-8(7)12(11,14)15;1-6(2)17-9-8(7(3)16-17)10(12,13)4-5-11(9,14)15/h5-7H,4H2,1-3H3;5-8H,4H2,1-3H3;6H,4-5H2,1-3H3. The molecule has 0 amide bonds. The van der Waals surface area contributed by atoms with Crippen LogP contribution >= 0.6 is 0 Å². The van der Waals surface area contributed by atoms with Crippen LogP contribution in [0.15, 0.2) is 0 Å². The van der Waals surface area contributed by atoms with E-state index in [1.807, 2.05) is 0 Å². The molecule has 0 bridgehead atoms. The molecule has 3 aromatic heterocycles. The first-order chi connectivity index (χ1) is 23.7. The van der Waals surface area contributed by atoms with Crippen molar-refractivity contribution < 1.29 is 48.3 Å². The van der Waals surface area contributed by atoms with Crippen molar-refractivity contribution in [2.24, 2.45) is 11.8 Å². The van der Waals surface area contributed by atoms with Crippen LogP contribution in [0.5, 0.6) is 0 Å². The molecule has 2 fully saturated rings. The highest BCUT2D eigenvalue weighted by Gasteiger charge is 2.68. The van der Waals surface area contributed by atoms with Gasteiger partial charge in [-0.1, -0.05) is 0 Å². The molecule has 2 saturated carbocycles. The molecule has 0 aromatic carbocycles. The molecule has 0 saturated heterocycles. The van der Waals surface area contributed by atoms with Gasteiger partial charge in [-0.3, -0.25) is 14.0 Å². The first-order valence-electron chi connectivity index (χ1n) is 17.6. The molecule has 6 nitrogen and oxygen atoms in total. The van der Waals surface area contributed by atoms with Gasteiger partial charge >= 0.3 is 0 Å². The quantitative estimate of drug-likeness (QED) is 0.244. The van der Waals surface area contributed by atoms with Gasteiger partial charge in [-0.15, -0.1) is 0 Å². The molecule has 8 rings (SSSR count). The molecule has 17 heteroatoms. The maximum Gasteiger partial charge on any atom is 0.293 e. The Labute approximate surface area is 294 Å². The minimum atomic E-state index is -3.22. The summed E-state index contributed by atoms with van der Waals surface area (Å²) < 4.78 is 155. The normalized spacial score (nSPS) is 26.8. The second kappa shape index (κ2) is 11.9. The van der Waals surface area contributed by atoms with E-state index < -0.39 is 83.3 Å². The summed E-state index contributed by atoms with van der Waals surface area (Å²) in [6.07, 6.45) is -2.15. The summed E-state index contributed by atoms with van der Waals surface area (Å²) in [6, 6.07) is -0.880. The highest BCUT2D eigenvalue weighted by atomic mass is 19.3. The summed E-state index contributed by atoms with van der Waals surface area (Å²) in [5, 5.41) is 11.7. The van der Waals surface area contributed by atoms with Crippen LogP contribution in [0.3, 0.4) is 0 Å². The Morgan fingerprint density at radius 3 is 1.52 bits per heavy atom. The fourth-order valence-corrected chi connectivity index (χ4v) is 8.11. The third-order valence-corrected chi connectivity index (χ3v) is 10.6. The summed E-state index contributed by atoms with van der Waals surface area (Å²) >= 11 is 0. The van der Waals surface area contributed by atoms with E-state index in [9.17, 15) is 48.3 Å². The minimum Gasteiger partial charge on any atom is -0.260 e. The Hall–Kier alpha value is -3.14. The van der Waals surface area contributed by atoms with Crippen LogP contribution in [-0.4, -0.2) is 29.3 Å². The maximum absolute atomic E-state index is 14.1. The largest absolute Gasteiger partial charge is 0.293 e. The number of fused-ring (bicyclic) bond motifs is 7. The second-order valence-electron chi connectivity index (χ2n) is 15.7. The van der Waals surface area contributed by atoms with Crippen molar-refractivity contribution in [1.82, 2.24) is 29.3 Å². The highest BCUT2D eigenvalue weighted by molar-refractivity contribution is 5.48. The number of hydrogen-bond acceptors (Lipinski definition) is 3. The Bertz CT molecular complexity index is 1850. The molecule has 0 aliphatic heterocycles. The number of aryl methyl sites for hydroxylation is 1. The fourth-order valence-electron chi connectivity index (χ4n) is 8.11. The molecule has 290 valence electrons. The lowest BCUT2D eigenvalue weighted by Gasteiger charge is -2.30. The average Bonchev–Trinajstić information content (AvgIpc) is 3.78. The molecule has 5 unspecified atom stereocenters. The van der Waals surface area contributed by atoms with E-state index in [2.05, 4.69) is 15.3 Å². The van der Waals surface area contributed by atoms with E-state index in [0.29, 0.717) is 25.3 Å². The van der Waals surface area contributed by atoms with Gasteiger partial charge in [-0.05, 0) is 80.1 Å². The van der Waals surface area contributed by atoms with Gasteiger partial charge in [0.15, 0.2) is 0 Å². The Balaban J connectivity index is 0.000000134. The van der Waals surface area contributed by atoms with Crippen molar-refractivity contribution in [2.45, 2.75) is 154 Å². The monoisotopic (exact) mass is 756 g/mol. The molecule has 0 radical (unpaired) electrons. The summed E-state index contributed by atoms with van der Waals surface area (Å²) in [4.78, 5) is 0. The third-order valence-electron chi connectivity index (χ3n) is 10.6. The van der Waals surface area contributed by atoms with Crippen LogP contribution in [0.25, 0.3) is 0 Å². The first kappa shape index (κ1) is 38.6. The second-order valence-corrected chi connectivity index (χ2v) is 15.7. The van der Waals surface area contributed by atoms with Gasteiger partial charge < -0.3 is 0 Å². The number of aromatic nitrogens is 6. The molecule has 0 spiro atoms. The number of rotatable bonds is 5. The smallest absolute Gasteiger partial charge is 0.260 e. The van der Waals surface area contributed by atoms with E-state index in [-0.39, 0.29) is 52.4 Å². The van der Waals surface area contributed by atoms with Crippen molar-refractivity contribution in [3.05, 3.63) is 50.9 Å². The predicted molar refractivity (Wildman–Crippen MR) is 168 cm³/mol. The number of halogens is 11. The van der Waals surface area contributed by atoms with Gasteiger partial charge in [-0.2, -0.15) is 50.4 Å². The lowest BCUT2D eigenvalue weighted by molar-refractivity contribution is -0.101. The molecule has 0 N–H and O–H groups in total. The zero-order valence-corrected chi connectivity index (χ0v) is 30.3. The van der Waals surface area contributed by atoms with Crippen molar-refractivity contribution in [1.29, 1.82) is 0 Å². The van der Waals surface area contributed by atoms with Crippen LogP contribution in [0, 0.1) is 18.8 Å². The van der Waals surface area contributed by atoms with Crippen LogP contribution in [0.2, 0.25) is 0 Å². The average molecular weight is 757 g/mol. The van der Waals surface area contributed by atoms with Crippen molar-refractivity contribution >= 4 is 0 Å². The molecular weight excluding hydrogens is 713 g/mol. The van der Waals surface area contributed by atoms with E-state index in [0.717, 1.165) is 9.36 Å².